The van der Waals surface area contributed by atoms with Crippen molar-refractivity contribution in [1.29, 1.82) is 0 Å². The minimum Gasteiger partial charge on any atom is -0.410 e. The Morgan fingerprint density at radius 3 is 3.10 bits per heavy atom. The molecule has 3 N–H and O–H groups in total. The van der Waals surface area contributed by atoms with Crippen molar-refractivity contribution in [1.82, 2.24) is 20.6 Å². The summed E-state index contributed by atoms with van der Waals surface area (Å²) in [4.78, 5) is 16.4. The molecule has 0 saturated carbocycles. The number of carbonyl (C=O) groups excluding carboxylic acids is 1. The van der Waals surface area contributed by atoms with E-state index in [1.165, 1.54) is 23.1 Å². The van der Waals surface area contributed by atoms with Crippen LogP contribution in [0.1, 0.15) is 15.5 Å². The van der Waals surface area contributed by atoms with E-state index >= 15 is 0 Å². The lowest BCUT2D eigenvalue weighted by Gasteiger charge is -1.93. The number of nitrogen functional groups attached to an aromatic ring is 1. The molecule has 0 aliphatic rings. The van der Waals surface area contributed by atoms with Gasteiger partial charge in [-0.25, -0.2) is 10.8 Å². The summed E-state index contributed by atoms with van der Waals surface area (Å²) < 4.78 is 5.55. The van der Waals surface area contributed by atoms with Crippen LogP contribution in [0.3, 0.4) is 0 Å². The number of thiazole rings is 1. The van der Waals surface area contributed by atoms with Crippen molar-refractivity contribution in [3.63, 3.8) is 0 Å². The number of hydrogen-bond donors (Lipinski definition) is 2. The standard InChI is InChI=1S/C11H9N5O2S3/c12-14-8(17)10-13-6(4-20-10)5-21-11-16-15-9(18-11)7-2-1-3-19-7/h1-4H,5,12H2,(H,14,17). The predicted octanol–water partition coefficient (Wildman–Crippen LogP) is 2.15. The summed E-state index contributed by atoms with van der Waals surface area (Å²) in [6, 6.07) is 3.85. The van der Waals surface area contributed by atoms with Crippen LogP contribution >= 0.6 is 34.4 Å². The molecule has 0 atom stereocenters. The summed E-state index contributed by atoms with van der Waals surface area (Å²) in [6.07, 6.45) is 0. The van der Waals surface area contributed by atoms with Gasteiger partial charge in [0.2, 0.25) is 0 Å². The van der Waals surface area contributed by atoms with E-state index in [1.54, 1.807) is 16.7 Å². The van der Waals surface area contributed by atoms with Crippen molar-refractivity contribution in [2.45, 2.75) is 11.0 Å². The van der Waals surface area contributed by atoms with Crippen LogP contribution in [0.15, 0.2) is 32.5 Å². The van der Waals surface area contributed by atoms with Gasteiger partial charge in [0, 0.05) is 11.1 Å². The SMILES string of the molecule is NNC(=O)c1nc(CSc2nnc(-c3cccs3)o2)cs1. The van der Waals surface area contributed by atoms with Gasteiger partial charge < -0.3 is 4.42 Å². The average Bonchev–Trinajstić information content (AvgIpc) is 3.23. The lowest BCUT2D eigenvalue weighted by Crippen LogP contribution is -2.29. The number of aromatic nitrogens is 3. The van der Waals surface area contributed by atoms with Crippen molar-refractivity contribution in [3.8, 4) is 10.8 Å². The summed E-state index contributed by atoms with van der Waals surface area (Å²) in [7, 11) is 0. The highest BCUT2D eigenvalue weighted by Gasteiger charge is 2.12. The van der Waals surface area contributed by atoms with E-state index in [2.05, 4.69) is 15.2 Å². The van der Waals surface area contributed by atoms with Crippen LogP contribution in [0.5, 0.6) is 0 Å². The second-order valence-corrected chi connectivity index (χ2v) is 6.49. The van der Waals surface area contributed by atoms with E-state index in [0.29, 0.717) is 21.9 Å². The van der Waals surface area contributed by atoms with Gasteiger partial charge >= 0.3 is 0 Å². The third-order valence-corrected chi connectivity index (χ3v) is 4.96. The molecular formula is C11H9N5O2S3. The van der Waals surface area contributed by atoms with Crippen LogP contribution in [-0.2, 0) is 5.75 Å². The Morgan fingerprint density at radius 1 is 1.43 bits per heavy atom. The molecule has 3 aromatic rings. The Morgan fingerprint density at radius 2 is 2.33 bits per heavy atom. The monoisotopic (exact) mass is 339 g/mol. The molecule has 21 heavy (non-hydrogen) atoms. The first-order valence-electron chi connectivity index (χ1n) is 5.72. The zero-order valence-electron chi connectivity index (χ0n) is 10.5. The first-order valence-corrected chi connectivity index (χ1v) is 8.46. The normalized spacial score (nSPS) is 10.7. The summed E-state index contributed by atoms with van der Waals surface area (Å²) in [6.45, 7) is 0. The molecule has 0 spiro atoms. The second-order valence-electron chi connectivity index (χ2n) is 3.76. The molecule has 108 valence electrons. The van der Waals surface area contributed by atoms with Crippen LogP contribution in [0, 0.1) is 0 Å². The number of nitrogens with two attached hydrogens (primary N) is 1. The van der Waals surface area contributed by atoms with E-state index in [1.807, 2.05) is 22.9 Å². The molecule has 3 heterocycles. The van der Waals surface area contributed by atoms with Crippen molar-refractivity contribution < 1.29 is 9.21 Å². The lowest BCUT2D eigenvalue weighted by molar-refractivity contribution is 0.0953. The topological polar surface area (TPSA) is 107 Å². The van der Waals surface area contributed by atoms with Crippen molar-refractivity contribution in [2.24, 2.45) is 5.84 Å². The maximum absolute atomic E-state index is 11.3. The number of amides is 1. The van der Waals surface area contributed by atoms with Gasteiger partial charge in [-0.05, 0) is 11.4 Å². The summed E-state index contributed by atoms with van der Waals surface area (Å²) in [5.41, 5.74) is 2.81. The van der Waals surface area contributed by atoms with E-state index in [9.17, 15) is 4.79 Å². The Bertz CT molecular complexity index is 737. The Hall–Kier alpha value is -1.75. The lowest BCUT2D eigenvalue weighted by atomic mass is 10.5. The van der Waals surface area contributed by atoms with Gasteiger partial charge in [-0.15, -0.1) is 32.9 Å². The number of rotatable bonds is 5. The van der Waals surface area contributed by atoms with Crippen LogP contribution in [0.4, 0.5) is 0 Å². The van der Waals surface area contributed by atoms with Gasteiger partial charge in [-0.2, -0.15) is 0 Å². The van der Waals surface area contributed by atoms with Gasteiger partial charge in [0.05, 0.1) is 10.6 Å². The molecular weight excluding hydrogens is 330 g/mol. The molecule has 10 heteroatoms. The molecule has 0 radical (unpaired) electrons. The van der Waals surface area contributed by atoms with Crippen molar-refractivity contribution >= 4 is 40.3 Å². The van der Waals surface area contributed by atoms with Gasteiger partial charge in [0.25, 0.3) is 17.0 Å². The van der Waals surface area contributed by atoms with Crippen LogP contribution in [-0.4, -0.2) is 21.1 Å². The first-order chi connectivity index (χ1) is 10.3. The van der Waals surface area contributed by atoms with Crippen LogP contribution in [0.25, 0.3) is 10.8 Å². The summed E-state index contributed by atoms with van der Waals surface area (Å²) >= 11 is 4.15. The highest BCUT2D eigenvalue weighted by molar-refractivity contribution is 7.98. The Kier molecular flexibility index (Phi) is 4.29. The molecule has 0 unspecified atom stereocenters. The molecule has 3 rings (SSSR count). The maximum atomic E-state index is 11.3. The van der Waals surface area contributed by atoms with Gasteiger partial charge in [0.1, 0.15) is 0 Å². The quantitative estimate of drug-likeness (QED) is 0.317. The van der Waals surface area contributed by atoms with Crippen LogP contribution in [0.2, 0.25) is 0 Å². The number of carbonyl (C=O) groups is 1. The molecule has 0 aliphatic carbocycles. The zero-order chi connectivity index (χ0) is 14.7. The number of hydrazine groups is 1. The highest BCUT2D eigenvalue weighted by Crippen LogP contribution is 2.28. The third kappa shape index (κ3) is 3.29. The van der Waals surface area contributed by atoms with Gasteiger partial charge in [-0.1, -0.05) is 17.8 Å². The number of hydrogen-bond acceptors (Lipinski definition) is 9. The van der Waals surface area contributed by atoms with E-state index < -0.39 is 5.91 Å². The summed E-state index contributed by atoms with van der Waals surface area (Å²) in [5.74, 6) is 5.71. The fourth-order valence-electron chi connectivity index (χ4n) is 1.44. The largest absolute Gasteiger partial charge is 0.410 e. The van der Waals surface area contributed by atoms with Gasteiger partial charge in [0.15, 0.2) is 5.01 Å². The number of thioether (sulfide) groups is 1. The van der Waals surface area contributed by atoms with Gasteiger partial charge in [-0.3, -0.25) is 10.2 Å². The first kappa shape index (κ1) is 14.2. The molecule has 0 aliphatic heterocycles. The molecule has 0 saturated heterocycles. The van der Waals surface area contributed by atoms with E-state index in [4.69, 9.17) is 10.3 Å². The predicted molar refractivity (Wildman–Crippen MR) is 80.9 cm³/mol. The molecule has 3 aromatic heterocycles. The Labute approximate surface area is 131 Å². The van der Waals surface area contributed by atoms with Crippen molar-refractivity contribution in [3.05, 3.63) is 33.6 Å². The molecule has 0 aromatic carbocycles. The second kappa shape index (κ2) is 6.35. The smallest absolute Gasteiger partial charge is 0.294 e. The average molecular weight is 339 g/mol. The van der Waals surface area contributed by atoms with E-state index in [0.717, 1.165) is 10.6 Å². The summed E-state index contributed by atoms with van der Waals surface area (Å²) in [5, 5.41) is 12.5. The fourth-order valence-corrected chi connectivity index (χ4v) is 3.57. The van der Waals surface area contributed by atoms with Crippen LogP contribution < -0.4 is 11.3 Å². The van der Waals surface area contributed by atoms with Crippen molar-refractivity contribution in [2.75, 3.05) is 0 Å². The number of nitrogens with zero attached hydrogens (tertiary/aromatic N) is 3. The molecule has 0 bridgehead atoms. The maximum Gasteiger partial charge on any atom is 0.294 e. The highest BCUT2D eigenvalue weighted by atomic mass is 32.2. The number of nitrogens with one attached hydrogen (secondary N) is 1. The minimum absolute atomic E-state index is 0.331. The molecule has 0 fully saturated rings. The fraction of sp³-hybridized carbons (Fsp3) is 0.0909. The molecule has 7 nitrogen and oxygen atoms in total. The third-order valence-electron chi connectivity index (χ3n) is 2.36. The zero-order valence-corrected chi connectivity index (χ0v) is 12.9. The minimum atomic E-state index is -0.394. The number of thiophene rings is 1. The molecule has 1 amide bonds. The van der Waals surface area contributed by atoms with E-state index in [-0.39, 0.29) is 0 Å². The Balaban J connectivity index is 1.63.